The van der Waals surface area contributed by atoms with Crippen LogP contribution >= 0.6 is 11.9 Å². The van der Waals surface area contributed by atoms with Gasteiger partial charge in [0, 0.05) is 30.1 Å². The quantitative estimate of drug-likeness (QED) is 0.579. The molecule has 0 spiro atoms. The normalized spacial score (nSPS) is 26.3. The van der Waals surface area contributed by atoms with Crippen molar-refractivity contribution in [3.8, 4) is 0 Å². The molecule has 0 aromatic heterocycles. The molecule has 0 amide bonds. The Labute approximate surface area is 138 Å². The number of allylic oxidation sites excluding steroid dienone is 3. The summed E-state index contributed by atoms with van der Waals surface area (Å²) in [7, 11) is 0. The summed E-state index contributed by atoms with van der Waals surface area (Å²) < 4.78 is 54.9. The molecule has 0 bridgehead atoms. The lowest BCUT2D eigenvalue weighted by molar-refractivity contribution is -0.174. The molecule has 1 N–H and O–H groups in total. The second kappa shape index (κ2) is 7.57. The first-order chi connectivity index (χ1) is 10.8. The molecular formula is C16H20F4N2S. The van der Waals surface area contributed by atoms with Crippen molar-refractivity contribution in [3.63, 3.8) is 0 Å². The second-order valence-electron chi connectivity index (χ2n) is 5.71. The zero-order valence-corrected chi connectivity index (χ0v) is 13.6. The summed E-state index contributed by atoms with van der Waals surface area (Å²) >= 11 is 1.04. The summed E-state index contributed by atoms with van der Waals surface area (Å²) in [4.78, 5) is 0.833. The maximum absolute atomic E-state index is 13.6. The molecule has 23 heavy (non-hydrogen) atoms. The van der Waals surface area contributed by atoms with E-state index >= 15 is 0 Å². The average Bonchev–Trinajstić information content (AvgIpc) is 2.47. The van der Waals surface area contributed by atoms with Crippen LogP contribution in [0, 0.1) is 11.8 Å². The lowest BCUT2D eigenvalue weighted by atomic mass is 9.92. The van der Waals surface area contributed by atoms with Crippen LogP contribution in [0.5, 0.6) is 0 Å². The Morgan fingerprint density at radius 2 is 2.22 bits per heavy atom. The van der Waals surface area contributed by atoms with Crippen molar-refractivity contribution in [3.05, 3.63) is 47.8 Å². The van der Waals surface area contributed by atoms with Crippen LogP contribution in [0.25, 0.3) is 0 Å². The minimum absolute atomic E-state index is 0.0190. The molecule has 3 unspecified atom stereocenters. The van der Waals surface area contributed by atoms with Gasteiger partial charge in [-0.3, -0.25) is 0 Å². The minimum atomic E-state index is -4.44. The number of alkyl halides is 3. The lowest BCUT2D eigenvalue weighted by Gasteiger charge is -2.36. The highest BCUT2D eigenvalue weighted by molar-refractivity contribution is 8.01. The number of hydrogen-bond donors (Lipinski definition) is 1. The van der Waals surface area contributed by atoms with Crippen molar-refractivity contribution in [2.75, 3.05) is 13.1 Å². The first kappa shape index (κ1) is 18.1. The molecule has 1 aliphatic heterocycles. The van der Waals surface area contributed by atoms with E-state index in [0.29, 0.717) is 6.54 Å². The molecule has 128 valence electrons. The summed E-state index contributed by atoms with van der Waals surface area (Å²) in [5.41, 5.74) is 0. The number of nitrogens with zero attached hydrogens (tertiary/aromatic N) is 1. The van der Waals surface area contributed by atoms with Crippen LogP contribution in [0.15, 0.2) is 47.8 Å². The van der Waals surface area contributed by atoms with Crippen LogP contribution in [0.2, 0.25) is 0 Å². The Bertz CT molecular complexity index is 525. The summed E-state index contributed by atoms with van der Waals surface area (Å²) in [6, 6.07) is -1.75. The van der Waals surface area contributed by atoms with Gasteiger partial charge in [-0.25, -0.2) is 4.39 Å². The molecule has 1 heterocycles. The number of nitrogens with one attached hydrogen (secondary N) is 1. The van der Waals surface area contributed by atoms with Gasteiger partial charge in [-0.2, -0.15) is 13.2 Å². The SMILES string of the molecule is C=CN(SC1=CC(C)CNC1)C(C1C=CC(F)=CC1)C(F)(F)F. The fourth-order valence-electron chi connectivity index (χ4n) is 2.68. The van der Waals surface area contributed by atoms with Crippen molar-refractivity contribution in [2.45, 2.75) is 25.6 Å². The Morgan fingerprint density at radius 3 is 2.74 bits per heavy atom. The van der Waals surface area contributed by atoms with E-state index in [-0.39, 0.29) is 12.3 Å². The molecule has 0 aromatic carbocycles. The van der Waals surface area contributed by atoms with Gasteiger partial charge in [0.25, 0.3) is 0 Å². The first-order valence-corrected chi connectivity index (χ1v) is 8.19. The maximum Gasteiger partial charge on any atom is 0.410 e. The van der Waals surface area contributed by atoms with E-state index in [0.717, 1.165) is 33.8 Å². The third kappa shape index (κ3) is 4.88. The van der Waals surface area contributed by atoms with Gasteiger partial charge in [-0.15, -0.1) is 0 Å². The van der Waals surface area contributed by atoms with Crippen LogP contribution in [0.3, 0.4) is 0 Å². The average molecular weight is 348 g/mol. The minimum Gasteiger partial charge on any atom is -0.312 e. The molecule has 3 atom stereocenters. The van der Waals surface area contributed by atoms with Gasteiger partial charge in [-0.05, 0) is 36.4 Å². The molecule has 2 rings (SSSR count). The van der Waals surface area contributed by atoms with Crippen molar-refractivity contribution < 1.29 is 17.6 Å². The van der Waals surface area contributed by atoms with Gasteiger partial charge in [0.05, 0.1) is 0 Å². The Hall–Kier alpha value is -1.21. The van der Waals surface area contributed by atoms with Gasteiger partial charge in [0.2, 0.25) is 0 Å². The van der Waals surface area contributed by atoms with Crippen molar-refractivity contribution in [1.82, 2.24) is 9.62 Å². The van der Waals surface area contributed by atoms with E-state index in [4.69, 9.17) is 0 Å². The zero-order valence-electron chi connectivity index (χ0n) is 12.8. The van der Waals surface area contributed by atoms with Crippen LogP contribution in [0.4, 0.5) is 17.6 Å². The standard InChI is InChI=1S/C16H20F4N2S/c1-3-22(23-14-8-11(2)9-21-10-14)15(16(18,19)20)12-4-6-13(17)7-5-12/h3-4,6-8,11-12,15,21H,1,5,9-10H2,2H3. The van der Waals surface area contributed by atoms with E-state index < -0.39 is 24.0 Å². The molecular weight excluding hydrogens is 328 g/mol. The van der Waals surface area contributed by atoms with E-state index in [9.17, 15) is 17.6 Å². The third-order valence-electron chi connectivity index (χ3n) is 3.74. The lowest BCUT2D eigenvalue weighted by Crippen LogP contribution is -2.45. The van der Waals surface area contributed by atoms with Gasteiger partial charge in [0.1, 0.15) is 11.9 Å². The van der Waals surface area contributed by atoms with E-state index in [1.54, 1.807) is 0 Å². The molecule has 0 radical (unpaired) electrons. The van der Waals surface area contributed by atoms with Gasteiger partial charge >= 0.3 is 6.18 Å². The topological polar surface area (TPSA) is 15.3 Å². The van der Waals surface area contributed by atoms with E-state index in [1.807, 2.05) is 13.0 Å². The first-order valence-electron chi connectivity index (χ1n) is 7.42. The molecule has 0 aromatic rings. The maximum atomic E-state index is 13.6. The highest BCUT2D eigenvalue weighted by atomic mass is 32.2. The van der Waals surface area contributed by atoms with Crippen molar-refractivity contribution >= 4 is 11.9 Å². The Kier molecular flexibility index (Phi) is 5.97. The van der Waals surface area contributed by atoms with Crippen LogP contribution in [-0.4, -0.2) is 29.6 Å². The Morgan fingerprint density at radius 1 is 1.48 bits per heavy atom. The predicted octanol–water partition coefficient (Wildman–Crippen LogP) is 4.56. The van der Waals surface area contributed by atoms with Crippen molar-refractivity contribution in [2.24, 2.45) is 11.8 Å². The van der Waals surface area contributed by atoms with Gasteiger partial charge < -0.3 is 9.62 Å². The zero-order chi connectivity index (χ0) is 17.0. The summed E-state index contributed by atoms with van der Waals surface area (Å²) in [6.07, 6.45) is 2.34. The molecule has 1 aliphatic carbocycles. The molecule has 2 aliphatic rings. The molecule has 2 nitrogen and oxygen atoms in total. The fourth-order valence-corrected chi connectivity index (χ4v) is 3.88. The summed E-state index contributed by atoms with van der Waals surface area (Å²) in [6.45, 7) is 6.89. The largest absolute Gasteiger partial charge is 0.410 e. The molecule has 7 heteroatoms. The monoisotopic (exact) mass is 348 g/mol. The molecule has 0 saturated heterocycles. The third-order valence-corrected chi connectivity index (χ3v) is 4.84. The second-order valence-corrected chi connectivity index (χ2v) is 6.84. The predicted molar refractivity (Wildman–Crippen MR) is 86.0 cm³/mol. The summed E-state index contributed by atoms with van der Waals surface area (Å²) in [5, 5.41) is 3.17. The summed E-state index contributed by atoms with van der Waals surface area (Å²) in [5.74, 6) is -1.06. The highest BCUT2D eigenvalue weighted by Gasteiger charge is 2.47. The van der Waals surface area contributed by atoms with Crippen molar-refractivity contribution in [1.29, 1.82) is 0 Å². The van der Waals surface area contributed by atoms with E-state index in [1.165, 1.54) is 18.4 Å². The van der Waals surface area contributed by atoms with Gasteiger partial charge in [0.15, 0.2) is 0 Å². The number of rotatable bonds is 5. The van der Waals surface area contributed by atoms with Crippen LogP contribution < -0.4 is 5.32 Å². The number of hydrogen-bond acceptors (Lipinski definition) is 3. The van der Waals surface area contributed by atoms with E-state index in [2.05, 4.69) is 11.9 Å². The van der Waals surface area contributed by atoms with Crippen LogP contribution in [-0.2, 0) is 0 Å². The highest BCUT2D eigenvalue weighted by Crippen LogP contribution is 2.40. The number of halogens is 4. The van der Waals surface area contributed by atoms with Gasteiger partial charge in [-0.1, -0.05) is 25.7 Å². The molecule has 0 saturated carbocycles. The smallest absolute Gasteiger partial charge is 0.312 e. The molecule has 0 fully saturated rings. The van der Waals surface area contributed by atoms with Crippen LogP contribution in [0.1, 0.15) is 13.3 Å². The Balaban J connectivity index is 2.19. The fraction of sp³-hybridized carbons (Fsp3) is 0.500.